The standard InChI is InChI=1S/C16H21N3/c1-10-7-6-8-14(12(10)3)16(17-5)15-9-11(2)18-19-13(15)4/h6-9,16-17H,1-5H3. The lowest BCUT2D eigenvalue weighted by atomic mass is 9.92. The smallest absolute Gasteiger partial charge is 0.0651 e. The normalized spacial score (nSPS) is 12.5. The number of nitrogens with zero attached hydrogens (tertiary/aromatic N) is 2. The van der Waals surface area contributed by atoms with Crippen molar-refractivity contribution >= 4 is 0 Å². The maximum Gasteiger partial charge on any atom is 0.0651 e. The van der Waals surface area contributed by atoms with Crippen molar-refractivity contribution in [2.75, 3.05) is 7.05 Å². The summed E-state index contributed by atoms with van der Waals surface area (Å²) in [4.78, 5) is 0. The second-order valence-corrected chi connectivity index (χ2v) is 5.04. The fraction of sp³-hybridized carbons (Fsp3) is 0.375. The number of hydrogen-bond acceptors (Lipinski definition) is 3. The van der Waals surface area contributed by atoms with Crippen LogP contribution in [0.1, 0.15) is 39.7 Å². The van der Waals surface area contributed by atoms with Crippen LogP contribution in [-0.2, 0) is 0 Å². The predicted octanol–water partition coefficient (Wildman–Crippen LogP) is 3.02. The van der Waals surface area contributed by atoms with Gasteiger partial charge in [0.2, 0.25) is 0 Å². The molecular formula is C16H21N3. The second kappa shape index (κ2) is 5.49. The molecule has 0 aliphatic rings. The van der Waals surface area contributed by atoms with E-state index >= 15 is 0 Å². The summed E-state index contributed by atoms with van der Waals surface area (Å²) >= 11 is 0. The molecule has 0 bridgehead atoms. The third kappa shape index (κ3) is 2.66. The van der Waals surface area contributed by atoms with Gasteiger partial charge >= 0.3 is 0 Å². The minimum Gasteiger partial charge on any atom is -0.309 e. The van der Waals surface area contributed by atoms with E-state index in [4.69, 9.17) is 0 Å². The second-order valence-electron chi connectivity index (χ2n) is 5.04. The van der Waals surface area contributed by atoms with Gasteiger partial charge in [0.1, 0.15) is 0 Å². The predicted molar refractivity (Wildman–Crippen MR) is 78.3 cm³/mol. The highest BCUT2D eigenvalue weighted by Gasteiger charge is 2.18. The number of benzene rings is 1. The summed E-state index contributed by atoms with van der Waals surface area (Å²) in [6, 6.07) is 8.71. The Morgan fingerprint density at radius 2 is 1.74 bits per heavy atom. The summed E-state index contributed by atoms with van der Waals surface area (Å²) in [6.45, 7) is 8.31. The van der Waals surface area contributed by atoms with Crippen molar-refractivity contribution in [2.45, 2.75) is 33.7 Å². The van der Waals surface area contributed by atoms with Crippen LogP contribution in [0.4, 0.5) is 0 Å². The van der Waals surface area contributed by atoms with Crippen LogP contribution in [0, 0.1) is 27.7 Å². The molecule has 2 rings (SSSR count). The molecule has 1 heterocycles. The highest BCUT2D eigenvalue weighted by atomic mass is 15.1. The number of nitrogens with one attached hydrogen (secondary N) is 1. The molecule has 19 heavy (non-hydrogen) atoms. The Hall–Kier alpha value is -1.74. The van der Waals surface area contributed by atoms with Crippen LogP contribution in [0.25, 0.3) is 0 Å². The molecule has 100 valence electrons. The lowest BCUT2D eigenvalue weighted by Crippen LogP contribution is -2.21. The maximum absolute atomic E-state index is 4.24. The van der Waals surface area contributed by atoms with Crippen molar-refractivity contribution in [3.63, 3.8) is 0 Å². The van der Waals surface area contributed by atoms with Gasteiger partial charge in [0.15, 0.2) is 0 Å². The van der Waals surface area contributed by atoms with E-state index in [0.29, 0.717) is 0 Å². The third-order valence-corrected chi connectivity index (χ3v) is 3.70. The van der Waals surface area contributed by atoms with Gasteiger partial charge in [0.05, 0.1) is 17.4 Å². The molecule has 1 unspecified atom stereocenters. The average molecular weight is 255 g/mol. The Kier molecular flexibility index (Phi) is 3.96. The van der Waals surface area contributed by atoms with Crippen LogP contribution < -0.4 is 5.32 Å². The van der Waals surface area contributed by atoms with E-state index in [1.54, 1.807) is 0 Å². The van der Waals surface area contributed by atoms with E-state index in [0.717, 1.165) is 11.4 Å². The quantitative estimate of drug-likeness (QED) is 0.916. The first kappa shape index (κ1) is 13.7. The molecule has 2 aromatic rings. The van der Waals surface area contributed by atoms with E-state index in [9.17, 15) is 0 Å². The topological polar surface area (TPSA) is 37.8 Å². The zero-order valence-corrected chi connectivity index (χ0v) is 12.3. The Morgan fingerprint density at radius 1 is 1.00 bits per heavy atom. The van der Waals surface area contributed by atoms with Crippen molar-refractivity contribution in [1.29, 1.82) is 0 Å². The Balaban J connectivity index is 2.56. The third-order valence-electron chi connectivity index (χ3n) is 3.70. The van der Waals surface area contributed by atoms with E-state index in [2.05, 4.69) is 53.6 Å². The molecule has 0 fully saturated rings. The number of rotatable bonds is 3. The van der Waals surface area contributed by atoms with Crippen molar-refractivity contribution in [1.82, 2.24) is 15.5 Å². The zero-order chi connectivity index (χ0) is 14.0. The molecular weight excluding hydrogens is 234 g/mol. The molecule has 0 aliphatic carbocycles. The molecule has 0 spiro atoms. The van der Waals surface area contributed by atoms with Crippen LogP contribution in [0.5, 0.6) is 0 Å². The van der Waals surface area contributed by atoms with Crippen molar-refractivity contribution in [2.24, 2.45) is 0 Å². The van der Waals surface area contributed by atoms with E-state index < -0.39 is 0 Å². The number of aromatic nitrogens is 2. The summed E-state index contributed by atoms with van der Waals surface area (Å²) in [7, 11) is 1.99. The lowest BCUT2D eigenvalue weighted by molar-refractivity contribution is 0.671. The van der Waals surface area contributed by atoms with Gasteiger partial charge < -0.3 is 5.32 Å². The van der Waals surface area contributed by atoms with Gasteiger partial charge in [0.25, 0.3) is 0 Å². The molecule has 1 N–H and O–H groups in total. The van der Waals surface area contributed by atoms with Gasteiger partial charge in [0, 0.05) is 0 Å². The van der Waals surface area contributed by atoms with Crippen LogP contribution in [-0.4, -0.2) is 17.2 Å². The molecule has 0 saturated heterocycles. The van der Waals surface area contributed by atoms with Crippen LogP contribution in [0.3, 0.4) is 0 Å². The van der Waals surface area contributed by atoms with Gasteiger partial charge in [-0.1, -0.05) is 18.2 Å². The molecule has 0 saturated carbocycles. The summed E-state index contributed by atoms with van der Waals surface area (Å²) in [6.07, 6.45) is 0. The first-order chi connectivity index (χ1) is 9.04. The molecule has 1 aromatic carbocycles. The first-order valence-electron chi connectivity index (χ1n) is 6.58. The van der Waals surface area contributed by atoms with Gasteiger partial charge in [-0.2, -0.15) is 10.2 Å². The van der Waals surface area contributed by atoms with Crippen LogP contribution in [0.2, 0.25) is 0 Å². The van der Waals surface area contributed by atoms with Crippen molar-refractivity contribution in [3.05, 3.63) is 57.9 Å². The van der Waals surface area contributed by atoms with Gasteiger partial charge in [-0.3, -0.25) is 0 Å². The summed E-state index contributed by atoms with van der Waals surface area (Å²) in [5, 5.41) is 11.8. The molecule has 3 nitrogen and oxygen atoms in total. The largest absolute Gasteiger partial charge is 0.309 e. The van der Waals surface area contributed by atoms with Gasteiger partial charge in [-0.25, -0.2) is 0 Å². The number of aryl methyl sites for hydroxylation is 3. The summed E-state index contributed by atoms with van der Waals surface area (Å²) in [5.41, 5.74) is 7.07. The Bertz CT molecular complexity index is 589. The maximum atomic E-state index is 4.24. The Labute approximate surface area is 115 Å². The van der Waals surface area contributed by atoms with Crippen molar-refractivity contribution < 1.29 is 0 Å². The fourth-order valence-electron chi connectivity index (χ4n) is 2.43. The molecule has 0 radical (unpaired) electrons. The lowest BCUT2D eigenvalue weighted by Gasteiger charge is -2.21. The van der Waals surface area contributed by atoms with Crippen LogP contribution in [0.15, 0.2) is 24.3 Å². The molecule has 1 atom stereocenters. The number of hydrogen-bond donors (Lipinski definition) is 1. The van der Waals surface area contributed by atoms with E-state index in [1.165, 1.54) is 22.3 Å². The zero-order valence-electron chi connectivity index (χ0n) is 12.3. The molecule has 0 aliphatic heterocycles. The SMILES string of the molecule is CNC(c1cc(C)nnc1C)c1cccc(C)c1C. The highest BCUT2D eigenvalue weighted by Crippen LogP contribution is 2.27. The minimum absolute atomic E-state index is 0.161. The van der Waals surface area contributed by atoms with Gasteiger partial charge in [-0.05, 0) is 63.1 Å². The molecule has 1 aromatic heterocycles. The summed E-state index contributed by atoms with van der Waals surface area (Å²) in [5.74, 6) is 0. The van der Waals surface area contributed by atoms with Crippen LogP contribution >= 0.6 is 0 Å². The first-order valence-corrected chi connectivity index (χ1v) is 6.58. The monoisotopic (exact) mass is 255 g/mol. The Morgan fingerprint density at radius 3 is 2.42 bits per heavy atom. The van der Waals surface area contributed by atoms with E-state index in [-0.39, 0.29) is 6.04 Å². The molecule has 3 heteroatoms. The molecule has 0 amide bonds. The highest BCUT2D eigenvalue weighted by molar-refractivity contribution is 5.41. The summed E-state index contributed by atoms with van der Waals surface area (Å²) < 4.78 is 0. The van der Waals surface area contributed by atoms with Crippen molar-refractivity contribution in [3.8, 4) is 0 Å². The van der Waals surface area contributed by atoms with E-state index in [1.807, 2.05) is 20.9 Å². The fourth-order valence-corrected chi connectivity index (χ4v) is 2.43. The average Bonchev–Trinajstić information content (AvgIpc) is 2.39. The minimum atomic E-state index is 0.161. The van der Waals surface area contributed by atoms with Gasteiger partial charge in [-0.15, -0.1) is 0 Å².